The molecule has 0 bridgehead atoms. The van der Waals surface area contributed by atoms with Gasteiger partial charge in [0.1, 0.15) is 0 Å². The fourth-order valence-electron chi connectivity index (χ4n) is 1.71. The Morgan fingerprint density at radius 3 is 2.75 bits per heavy atom. The van der Waals surface area contributed by atoms with E-state index in [1.807, 2.05) is 19.1 Å². The molecule has 20 heavy (non-hydrogen) atoms. The molecular formula is C15H16N4O. The molecule has 0 aliphatic heterocycles. The molecule has 0 fully saturated rings. The molecule has 0 spiro atoms. The minimum atomic E-state index is -0.274. The molecule has 5 heteroatoms. The number of carbonyl (C=O) groups excluding carboxylic acids is 1. The highest BCUT2D eigenvalue weighted by Crippen LogP contribution is 2.10. The van der Waals surface area contributed by atoms with Crippen molar-refractivity contribution in [1.82, 2.24) is 15.1 Å². The minimum absolute atomic E-state index is 0.274. The number of carbonyl (C=O) groups is 1. The van der Waals surface area contributed by atoms with Crippen LogP contribution in [0.2, 0.25) is 0 Å². The first kappa shape index (κ1) is 13.7. The SMILES string of the molecule is C#CC(CC)NC(=O)c1ccn(-c2ccc(N)cc2)n1. The van der Waals surface area contributed by atoms with E-state index in [0.717, 1.165) is 5.69 Å². The van der Waals surface area contributed by atoms with Crippen molar-refractivity contribution >= 4 is 11.6 Å². The lowest BCUT2D eigenvalue weighted by Crippen LogP contribution is -2.33. The standard InChI is InChI=1S/C15H16N4O/c1-3-12(4-2)17-15(20)14-9-10-19(18-14)13-7-5-11(16)6-8-13/h1,5-10,12H,4,16H2,2H3,(H,17,20). The first-order chi connectivity index (χ1) is 9.63. The van der Waals surface area contributed by atoms with Gasteiger partial charge in [0.25, 0.3) is 5.91 Å². The molecule has 102 valence electrons. The normalized spacial score (nSPS) is 11.6. The lowest BCUT2D eigenvalue weighted by atomic mass is 10.2. The number of nitrogens with two attached hydrogens (primary N) is 1. The van der Waals surface area contributed by atoms with E-state index in [2.05, 4.69) is 16.3 Å². The van der Waals surface area contributed by atoms with Crippen LogP contribution in [-0.4, -0.2) is 21.7 Å². The number of hydrogen-bond donors (Lipinski definition) is 2. The number of benzene rings is 1. The molecule has 1 aromatic carbocycles. The van der Waals surface area contributed by atoms with E-state index < -0.39 is 0 Å². The van der Waals surface area contributed by atoms with Gasteiger partial charge in [-0.2, -0.15) is 5.10 Å². The van der Waals surface area contributed by atoms with Gasteiger partial charge in [0.05, 0.1) is 11.7 Å². The van der Waals surface area contributed by atoms with Crippen LogP contribution in [0, 0.1) is 12.3 Å². The fourth-order valence-corrected chi connectivity index (χ4v) is 1.71. The quantitative estimate of drug-likeness (QED) is 0.653. The number of nitrogens with one attached hydrogen (secondary N) is 1. The summed E-state index contributed by atoms with van der Waals surface area (Å²) in [6.07, 6.45) is 7.72. The smallest absolute Gasteiger partial charge is 0.272 e. The van der Waals surface area contributed by atoms with Crippen molar-refractivity contribution in [2.45, 2.75) is 19.4 Å². The molecule has 5 nitrogen and oxygen atoms in total. The molecule has 0 aliphatic carbocycles. The Balaban J connectivity index is 2.15. The maximum absolute atomic E-state index is 12.0. The van der Waals surface area contributed by atoms with Gasteiger partial charge in [-0.25, -0.2) is 4.68 Å². The molecule has 1 amide bonds. The Labute approximate surface area is 117 Å². The van der Waals surface area contributed by atoms with Crippen molar-refractivity contribution in [1.29, 1.82) is 0 Å². The molecule has 1 aromatic heterocycles. The number of terminal acetylenes is 1. The largest absolute Gasteiger partial charge is 0.399 e. The number of amides is 1. The average molecular weight is 268 g/mol. The molecule has 0 radical (unpaired) electrons. The van der Waals surface area contributed by atoms with Crippen LogP contribution in [0.1, 0.15) is 23.8 Å². The molecule has 2 aromatic rings. The summed E-state index contributed by atoms with van der Waals surface area (Å²) >= 11 is 0. The van der Waals surface area contributed by atoms with Gasteiger partial charge in [-0.15, -0.1) is 6.42 Å². The number of hydrogen-bond acceptors (Lipinski definition) is 3. The highest BCUT2D eigenvalue weighted by atomic mass is 16.2. The summed E-state index contributed by atoms with van der Waals surface area (Å²) in [5.41, 5.74) is 7.47. The molecule has 0 saturated carbocycles. The van der Waals surface area contributed by atoms with Crippen LogP contribution in [0.4, 0.5) is 5.69 Å². The molecule has 1 atom stereocenters. The van der Waals surface area contributed by atoms with Crippen LogP contribution in [0.3, 0.4) is 0 Å². The van der Waals surface area contributed by atoms with Crippen LogP contribution in [0.25, 0.3) is 5.69 Å². The molecular weight excluding hydrogens is 252 g/mol. The average Bonchev–Trinajstić information content (AvgIpc) is 2.95. The van der Waals surface area contributed by atoms with Gasteiger partial charge in [0.2, 0.25) is 0 Å². The lowest BCUT2D eigenvalue weighted by molar-refractivity contribution is 0.0939. The van der Waals surface area contributed by atoms with Crippen LogP contribution >= 0.6 is 0 Å². The van der Waals surface area contributed by atoms with E-state index in [4.69, 9.17) is 12.2 Å². The van der Waals surface area contributed by atoms with Crippen LogP contribution in [0.5, 0.6) is 0 Å². The lowest BCUT2D eigenvalue weighted by Gasteiger charge is -2.08. The summed E-state index contributed by atoms with van der Waals surface area (Å²) in [6.45, 7) is 1.91. The Morgan fingerprint density at radius 1 is 1.45 bits per heavy atom. The topological polar surface area (TPSA) is 72.9 Å². The molecule has 0 aliphatic rings. The second-order valence-electron chi connectivity index (χ2n) is 4.34. The van der Waals surface area contributed by atoms with Crippen LogP contribution < -0.4 is 11.1 Å². The Kier molecular flexibility index (Phi) is 4.06. The Bertz CT molecular complexity index is 637. The van der Waals surface area contributed by atoms with Crippen LogP contribution in [0.15, 0.2) is 36.5 Å². The predicted octanol–water partition coefficient (Wildman–Crippen LogP) is 1.60. The summed E-state index contributed by atoms with van der Waals surface area (Å²) in [5.74, 6) is 2.24. The van der Waals surface area contributed by atoms with Crippen LogP contribution in [-0.2, 0) is 0 Å². The highest BCUT2D eigenvalue weighted by Gasteiger charge is 2.13. The van der Waals surface area contributed by atoms with E-state index in [1.165, 1.54) is 0 Å². The number of rotatable bonds is 4. The summed E-state index contributed by atoms with van der Waals surface area (Å²) in [7, 11) is 0. The van der Waals surface area contributed by atoms with Crippen molar-refractivity contribution in [3.8, 4) is 18.0 Å². The van der Waals surface area contributed by atoms with Gasteiger partial charge >= 0.3 is 0 Å². The Hall–Kier alpha value is -2.74. The van der Waals surface area contributed by atoms with Gasteiger partial charge in [-0.1, -0.05) is 12.8 Å². The maximum Gasteiger partial charge on any atom is 0.272 e. The van der Waals surface area contributed by atoms with Gasteiger partial charge in [0, 0.05) is 11.9 Å². The van der Waals surface area contributed by atoms with Crippen molar-refractivity contribution < 1.29 is 4.79 Å². The van der Waals surface area contributed by atoms with Crippen molar-refractivity contribution in [3.05, 3.63) is 42.2 Å². The molecule has 0 saturated heterocycles. The zero-order chi connectivity index (χ0) is 14.5. The van der Waals surface area contributed by atoms with E-state index in [-0.39, 0.29) is 11.9 Å². The van der Waals surface area contributed by atoms with Gasteiger partial charge in [0.15, 0.2) is 5.69 Å². The van der Waals surface area contributed by atoms with Gasteiger partial charge < -0.3 is 11.1 Å². The summed E-state index contributed by atoms with van der Waals surface area (Å²) in [4.78, 5) is 12.0. The summed E-state index contributed by atoms with van der Waals surface area (Å²) in [5, 5.41) is 6.96. The fraction of sp³-hybridized carbons (Fsp3) is 0.200. The second-order valence-corrected chi connectivity index (χ2v) is 4.34. The third kappa shape index (κ3) is 2.98. The van der Waals surface area contributed by atoms with Crippen molar-refractivity contribution in [3.63, 3.8) is 0 Å². The summed E-state index contributed by atoms with van der Waals surface area (Å²) in [6, 6.07) is 8.60. The Morgan fingerprint density at radius 2 is 2.15 bits per heavy atom. The number of anilines is 1. The van der Waals surface area contributed by atoms with E-state index in [0.29, 0.717) is 17.8 Å². The number of aromatic nitrogens is 2. The van der Waals surface area contributed by atoms with E-state index in [1.54, 1.807) is 29.1 Å². The zero-order valence-electron chi connectivity index (χ0n) is 11.2. The monoisotopic (exact) mass is 268 g/mol. The molecule has 2 rings (SSSR count). The predicted molar refractivity (Wildman–Crippen MR) is 78.4 cm³/mol. The van der Waals surface area contributed by atoms with Crippen molar-refractivity contribution in [2.75, 3.05) is 5.73 Å². The first-order valence-electron chi connectivity index (χ1n) is 6.32. The second kappa shape index (κ2) is 5.93. The van der Waals surface area contributed by atoms with Gasteiger partial charge in [-0.3, -0.25) is 4.79 Å². The van der Waals surface area contributed by atoms with Gasteiger partial charge in [-0.05, 0) is 36.8 Å². The third-order valence-corrected chi connectivity index (χ3v) is 2.89. The zero-order valence-corrected chi connectivity index (χ0v) is 11.2. The number of nitrogens with zero attached hydrogens (tertiary/aromatic N) is 2. The summed E-state index contributed by atoms with van der Waals surface area (Å²) < 4.78 is 1.62. The van der Waals surface area contributed by atoms with E-state index >= 15 is 0 Å². The van der Waals surface area contributed by atoms with Crippen molar-refractivity contribution in [2.24, 2.45) is 0 Å². The molecule has 1 unspecified atom stereocenters. The molecule has 1 heterocycles. The van der Waals surface area contributed by atoms with E-state index in [9.17, 15) is 4.79 Å². The maximum atomic E-state index is 12.0. The third-order valence-electron chi connectivity index (χ3n) is 2.89. The first-order valence-corrected chi connectivity index (χ1v) is 6.32. The highest BCUT2D eigenvalue weighted by molar-refractivity contribution is 5.92. The molecule has 3 N–H and O–H groups in total. The number of nitrogen functional groups attached to an aromatic ring is 1. The minimum Gasteiger partial charge on any atom is -0.399 e.